The van der Waals surface area contributed by atoms with Crippen LogP contribution in [0.4, 0.5) is 4.79 Å². The SMILES string of the molecule is O=C(CN1C(=O)NC2(CCCCCC2)C1=O)c1ccc2c(c1)-c1ccccc1C2. The molecule has 1 saturated heterocycles. The number of rotatable bonds is 3. The van der Waals surface area contributed by atoms with Crippen molar-refractivity contribution in [3.05, 3.63) is 59.2 Å². The van der Waals surface area contributed by atoms with Crippen LogP contribution in [0.25, 0.3) is 11.1 Å². The van der Waals surface area contributed by atoms with E-state index in [9.17, 15) is 14.4 Å². The van der Waals surface area contributed by atoms with E-state index in [1.165, 1.54) is 11.1 Å². The van der Waals surface area contributed by atoms with Gasteiger partial charge in [0.2, 0.25) is 0 Å². The third-order valence-electron chi connectivity index (χ3n) is 6.63. The van der Waals surface area contributed by atoms with E-state index in [1.54, 1.807) is 0 Å². The molecule has 1 N–H and O–H groups in total. The van der Waals surface area contributed by atoms with Crippen molar-refractivity contribution in [1.82, 2.24) is 10.2 Å². The second-order valence-corrected chi connectivity index (χ2v) is 8.45. The molecule has 0 aromatic heterocycles. The van der Waals surface area contributed by atoms with E-state index in [0.29, 0.717) is 18.4 Å². The number of Topliss-reactive ketones (excluding diaryl/α,β-unsaturated/α-hetero) is 1. The molecule has 2 aromatic carbocycles. The van der Waals surface area contributed by atoms with Gasteiger partial charge < -0.3 is 5.32 Å². The molecule has 0 unspecified atom stereocenters. The van der Waals surface area contributed by atoms with E-state index in [2.05, 4.69) is 17.4 Å². The lowest BCUT2D eigenvalue weighted by molar-refractivity contribution is -0.131. The van der Waals surface area contributed by atoms with Crippen molar-refractivity contribution in [3.63, 3.8) is 0 Å². The quantitative estimate of drug-likeness (QED) is 0.543. The summed E-state index contributed by atoms with van der Waals surface area (Å²) in [4.78, 5) is 39.7. The van der Waals surface area contributed by atoms with Crippen LogP contribution >= 0.6 is 0 Å². The zero-order chi connectivity index (χ0) is 20.0. The summed E-state index contributed by atoms with van der Waals surface area (Å²) in [5, 5.41) is 2.91. The van der Waals surface area contributed by atoms with Crippen molar-refractivity contribution in [2.45, 2.75) is 50.5 Å². The number of amides is 3. The standard InChI is InChI=1S/C24H24N2O3/c27-21(15-26-22(28)24(25-23(26)29)11-5-1-2-6-12-24)18-10-9-17-13-16-7-3-4-8-19(16)20(17)14-18/h3-4,7-10,14H,1-2,5-6,11-13,15H2,(H,25,29). The van der Waals surface area contributed by atoms with E-state index < -0.39 is 11.6 Å². The second-order valence-electron chi connectivity index (χ2n) is 8.45. The first kappa shape index (κ1) is 18.1. The van der Waals surface area contributed by atoms with Gasteiger partial charge in [0, 0.05) is 5.56 Å². The Morgan fingerprint density at radius 3 is 2.45 bits per heavy atom. The molecule has 2 aliphatic carbocycles. The van der Waals surface area contributed by atoms with Crippen LogP contribution in [0, 0.1) is 0 Å². The number of imide groups is 1. The van der Waals surface area contributed by atoms with Gasteiger partial charge in [-0.25, -0.2) is 4.79 Å². The fourth-order valence-electron chi connectivity index (χ4n) is 5.02. The highest BCUT2D eigenvalue weighted by Gasteiger charge is 2.51. The Bertz CT molecular complexity index is 1020. The van der Waals surface area contributed by atoms with Crippen LogP contribution in [-0.4, -0.2) is 34.7 Å². The third kappa shape index (κ3) is 2.96. The largest absolute Gasteiger partial charge is 0.325 e. The van der Waals surface area contributed by atoms with E-state index in [0.717, 1.165) is 48.1 Å². The fourth-order valence-corrected chi connectivity index (χ4v) is 5.02. The molecule has 3 amide bonds. The summed E-state index contributed by atoms with van der Waals surface area (Å²) in [5.41, 5.74) is 4.44. The fraction of sp³-hybridized carbons (Fsp3) is 0.375. The molecule has 0 bridgehead atoms. The van der Waals surface area contributed by atoms with Gasteiger partial charge in [0.15, 0.2) is 5.78 Å². The second kappa shape index (κ2) is 6.83. The molecule has 1 aliphatic heterocycles. The first-order valence-electron chi connectivity index (χ1n) is 10.5. The summed E-state index contributed by atoms with van der Waals surface area (Å²) in [7, 11) is 0. The Morgan fingerprint density at radius 1 is 0.931 bits per heavy atom. The molecule has 148 valence electrons. The zero-order valence-corrected chi connectivity index (χ0v) is 16.4. The number of benzene rings is 2. The summed E-state index contributed by atoms with van der Waals surface area (Å²) >= 11 is 0. The number of urea groups is 1. The summed E-state index contributed by atoms with van der Waals surface area (Å²) < 4.78 is 0. The molecule has 0 radical (unpaired) electrons. The van der Waals surface area contributed by atoms with Crippen LogP contribution < -0.4 is 5.32 Å². The number of hydrogen-bond donors (Lipinski definition) is 1. The van der Waals surface area contributed by atoms with Crippen LogP contribution in [0.5, 0.6) is 0 Å². The number of ketones is 1. The molecule has 1 spiro atoms. The Balaban J connectivity index is 1.38. The van der Waals surface area contributed by atoms with E-state index in [4.69, 9.17) is 0 Å². The van der Waals surface area contributed by atoms with Crippen LogP contribution in [-0.2, 0) is 11.2 Å². The summed E-state index contributed by atoms with van der Waals surface area (Å²) in [6.45, 7) is -0.202. The normalized spacial score (nSPS) is 19.7. The smallest absolute Gasteiger partial charge is 0.323 e. The molecular formula is C24H24N2O3. The number of fused-ring (bicyclic) bond motifs is 3. The maximum Gasteiger partial charge on any atom is 0.325 e. The number of carbonyl (C=O) groups is 3. The summed E-state index contributed by atoms with van der Waals surface area (Å²) in [5.74, 6) is -0.435. The maximum absolute atomic E-state index is 13.1. The van der Waals surface area contributed by atoms with Gasteiger partial charge in [0.1, 0.15) is 5.54 Å². The van der Waals surface area contributed by atoms with Gasteiger partial charge >= 0.3 is 6.03 Å². The number of nitrogens with zero attached hydrogens (tertiary/aromatic N) is 1. The molecule has 1 heterocycles. The Hall–Kier alpha value is -2.95. The zero-order valence-electron chi connectivity index (χ0n) is 16.4. The maximum atomic E-state index is 13.1. The van der Waals surface area contributed by atoms with Gasteiger partial charge in [-0.2, -0.15) is 0 Å². The van der Waals surface area contributed by atoms with Gasteiger partial charge in [-0.1, -0.05) is 62.1 Å². The molecule has 3 aliphatic rings. The lowest BCUT2D eigenvalue weighted by Crippen LogP contribution is -2.46. The third-order valence-corrected chi connectivity index (χ3v) is 6.63. The highest BCUT2D eigenvalue weighted by Crippen LogP contribution is 2.37. The van der Waals surface area contributed by atoms with Gasteiger partial charge in [-0.15, -0.1) is 0 Å². The van der Waals surface area contributed by atoms with Crippen molar-refractivity contribution < 1.29 is 14.4 Å². The van der Waals surface area contributed by atoms with Crippen LogP contribution in [0.15, 0.2) is 42.5 Å². The minimum Gasteiger partial charge on any atom is -0.323 e. The lowest BCUT2D eigenvalue weighted by Gasteiger charge is -2.24. The molecule has 5 nitrogen and oxygen atoms in total. The van der Waals surface area contributed by atoms with Gasteiger partial charge in [-0.3, -0.25) is 14.5 Å². The predicted octanol–water partition coefficient (Wildman–Crippen LogP) is 4.09. The molecule has 5 heteroatoms. The van der Waals surface area contributed by atoms with Crippen LogP contribution in [0.3, 0.4) is 0 Å². The van der Waals surface area contributed by atoms with E-state index in [-0.39, 0.29) is 18.2 Å². The first-order valence-corrected chi connectivity index (χ1v) is 10.5. The van der Waals surface area contributed by atoms with E-state index in [1.807, 2.05) is 30.3 Å². The highest BCUT2D eigenvalue weighted by molar-refractivity contribution is 6.11. The van der Waals surface area contributed by atoms with Crippen LogP contribution in [0.1, 0.15) is 60.0 Å². The van der Waals surface area contributed by atoms with E-state index >= 15 is 0 Å². The van der Waals surface area contributed by atoms with Crippen molar-refractivity contribution in [2.75, 3.05) is 6.54 Å². The summed E-state index contributed by atoms with van der Waals surface area (Å²) in [6, 6.07) is 13.5. The predicted molar refractivity (Wildman–Crippen MR) is 110 cm³/mol. The first-order chi connectivity index (χ1) is 14.1. The average molecular weight is 388 g/mol. The number of carbonyl (C=O) groups excluding carboxylic acids is 3. The molecule has 2 aromatic rings. The monoisotopic (exact) mass is 388 g/mol. The average Bonchev–Trinajstić information content (AvgIpc) is 3.07. The molecule has 0 atom stereocenters. The van der Waals surface area contributed by atoms with Crippen molar-refractivity contribution in [2.24, 2.45) is 0 Å². The minimum atomic E-state index is -0.801. The van der Waals surface area contributed by atoms with Crippen molar-refractivity contribution >= 4 is 17.7 Å². The lowest BCUT2D eigenvalue weighted by atomic mass is 9.90. The molecule has 29 heavy (non-hydrogen) atoms. The number of hydrogen-bond acceptors (Lipinski definition) is 3. The molecule has 1 saturated carbocycles. The van der Waals surface area contributed by atoms with Gasteiger partial charge in [0.05, 0.1) is 6.54 Å². The topological polar surface area (TPSA) is 66.5 Å². The minimum absolute atomic E-state index is 0.202. The molecule has 5 rings (SSSR count). The van der Waals surface area contributed by atoms with Gasteiger partial charge in [-0.05, 0) is 47.6 Å². The van der Waals surface area contributed by atoms with Gasteiger partial charge in [0.25, 0.3) is 5.91 Å². The Morgan fingerprint density at radius 2 is 1.66 bits per heavy atom. The number of nitrogens with one attached hydrogen (secondary N) is 1. The van der Waals surface area contributed by atoms with Crippen molar-refractivity contribution in [3.8, 4) is 11.1 Å². The summed E-state index contributed by atoms with van der Waals surface area (Å²) in [6.07, 6.45) is 6.22. The highest BCUT2D eigenvalue weighted by atomic mass is 16.2. The Labute approximate surface area is 170 Å². The van der Waals surface area contributed by atoms with Crippen molar-refractivity contribution in [1.29, 1.82) is 0 Å². The Kier molecular flexibility index (Phi) is 4.26. The molecular weight excluding hydrogens is 364 g/mol. The van der Waals surface area contributed by atoms with Crippen LogP contribution in [0.2, 0.25) is 0 Å². The molecule has 2 fully saturated rings.